The van der Waals surface area contributed by atoms with Gasteiger partial charge in [0.1, 0.15) is 6.54 Å². The second kappa shape index (κ2) is 6.33. The minimum absolute atomic E-state index is 0.0316. The molecule has 0 atom stereocenters. The number of morpholine rings is 1. The van der Waals surface area contributed by atoms with Gasteiger partial charge >= 0.3 is 0 Å². The van der Waals surface area contributed by atoms with Gasteiger partial charge in [0.15, 0.2) is 0 Å². The maximum Gasteiger partial charge on any atom is 0.237 e. The Hall–Kier alpha value is -2.12. The monoisotopic (exact) mass is 303 g/mol. The van der Waals surface area contributed by atoms with Crippen LogP contribution in [0.1, 0.15) is 0 Å². The molecule has 1 saturated heterocycles. The van der Waals surface area contributed by atoms with Crippen molar-refractivity contribution in [1.29, 1.82) is 5.41 Å². The SMILES string of the molecule is N=c1n(CCN2CCOCC2)c2ccccc2n1CC(N)=O. The van der Waals surface area contributed by atoms with E-state index in [1.54, 1.807) is 4.57 Å². The minimum Gasteiger partial charge on any atom is -0.379 e. The van der Waals surface area contributed by atoms with E-state index in [-0.39, 0.29) is 6.54 Å². The van der Waals surface area contributed by atoms with E-state index in [0.717, 1.165) is 43.9 Å². The van der Waals surface area contributed by atoms with E-state index in [4.69, 9.17) is 15.9 Å². The second-order valence-corrected chi connectivity index (χ2v) is 5.47. The average Bonchev–Trinajstić information content (AvgIpc) is 2.78. The molecular weight excluding hydrogens is 282 g/mol. The Kier molecular flexibility index (Phi) is 4.26. The lowest BCUT2D eigenvalue weighted by atomic mass is 10.3. The van der Waals surface area contributed by atoms with Gasteiger partial charge in [-0.2, -0.15) is 0 Å². The molecule has 1 aliphatic rings. The number of ether oxygens (including phenoxy) is 1. The number of carbonyl (C=O) groups excluding carboxylic acids is 1. The largest absolute Gasteiger partial charge is 0.379 e. The summed E-state index contributed by atoms with van der Waals surface area (Å²) in [6, 6.07) is 7.75. The number of amides is 1. The fraction of sp³-hybridized carbons (Fsp3) is 0.467. The lowest BCUT2D eigenvalue weighted by molar-refractivity contribution is -0.118. The topological polar surface area (TPSA) is 89.3 Å². The number of carbonyl (C=O) groups is 1. The zero-order valence-corrected chi connectivity index (χ0v) is 12.5. The number of benzene rings is 1. The molecule has 1 amide bonds. The summed E-state index contributed by atoms with van der Waals surface area (Å²) in [7, 11) is 0. The van der Waals surface area contributed by atoms with Crippen molar-refractivity contribution in [3.05, 3.63) is 29.9 Å². The summed E-state index contributed by atoms with van der Waals surface area (Å²) >= 11 is 0. The van der Waals surface area contributed by atoms with Gasteiger partial charge in [-0.15, -0.1) is 0 Å². The first kappa shape index (κ1) is 14.8. The summed E-state index contributed by atoms with van der Waals surface area (Å²) < 4.78 is 8.95. The van der Waals surface area contributed by atoms with E-state index in [0.29, 0.717) is 12.2 Å². The summed E-state index contributed by atoms with van der Waals surface area (Å²) in [4.78, 5) is 13.6. The molecule has 0 unspecified atom stereocenters. The molecule has 1 aromatic heterocycles. The molecule has 0 bridgehead atoms. The number of para-hydroxylation sites is 2. The van der Waals surface area contributed by atoms with E-state index in [9.17, 15) is 4.79 Å². The molecule has 1 aliphatic heterocycles. The smallest absolute Gasteiger partial charge is 0.237 e. The maximum absolute atomic E-state index is 11.3. The quantitative estimate of drug-likeness (QED) is 0.797. The van der Waals surface area contributed by atoms with Crippen LogP contribution in [-0.4, -0.2) is 52.8 Å². The molecule has 1 fully saturated rings. The lowest BCUT2D eigenvalue weighted by Gasteiger charge is -2.26. The van der Waals surface area contributed by atoms with Gasteiger partial charge in [0.05, 0.1) is 24.2 Å². The van der Waals surface area contributed by atoms with Gasteiger partial charge in [-0.1, -0.05) is 12.1 Å². The van der Waals surface area contributed by atoms with Gasteiger partial charge in [0, 0.05) is 26.2 Å². The van der Waals surface area contributed by atoms with Gasteiger partial charge in [-0.25, -0.2) is 0 Å². The Labute approximate surface area is 128 Å². The predicted octanol–water partition coefficient (Wildman–Crippen LogP) is -0.260. The van der Waals surface area contributed by atoms with Crippen molar-refractivity contribution in [3.8, 4) is 0 Å². The number of imidazole rings is 1. The molecular formula is C15H21N5O2. The molecule has 7 heteroatoms. The van der Waals surface area contributed by atoms with Crippen LogP contribution >= 0.6 is 0 Å². The van der Waals surface area contributed by atoms with Crippen LogP contribution in [0.3, 0.4) is 0 Å². The molecule has 118 valence electrons. The second-order valence-electron chi connectivity index (χ2n) is 5.47. The van der Waals surface area contributed by atoms with Gasteiger partial charge in [0.2, 0.25) is 11.5 Å². The van der Waals surface area contributed by atoms with Crippen molar-refractivity contribution in [2.24, 2.45) is 5.73 Å². The number of hydrogen-bond acceptors (Lipinski definition) is 4. The van der Waals surface area contributed by atoms with Crippen LogP contribution in [0.25, 0.3) is 11.0 Å². The fourth-order valence-electron chi connectivity index (χ4n) is 2.90. The first-order valence-corrected chi connectivity index (χ1v) is 7.48. The Morgan fingerprint density at radius 1 is 1.14 bits per heavy atom. The number of nitrogens with one attached hydrogen (secondary N) is 1. The zero-order valence-electron chi connectivity index (χ0n) is 12.5. The van der Waals surface area contributed by atoms with Crippen molar-refractivity contribution < 1.29 is 9.53 Å². The van der Waals surface area contributed by atoms with Gasteiger partial charge < -0.3 is 19.6 Å². The zero-order chi connectivity index (χ0) is 15.5. The van der Waals surface area contributed by atoms with Crippen LogP contribution in [0.5, 0.6) is 0 Å². The Bertz CT molecular complexity index is 727. The van der Waals surface area contributed by atoms with Crippen LogP contribution in [0.15, 0.2) is 24.3 Å². The summed E-state index contributed by atoms with van der Waals surface area (Å²) in [6.45, 7) is 4.99. The van der Waals surface area contributed by atoms with E-state index in [1.165, 1.54) is 0 Å². The third kappa shape index (κ3) is 2.90. The molecule has 2 aromatic rings. The highest BCUT2D eigenvalue weighted by atomic mass is 16.5. The Morgan fingerprint density at radius 2 is 1.77 bits per heavy atom. The molecule has 1 aromatic carbocycles. The Morgan fingerprint density at radius 3 is 2.41 bits per heavy atom. The van der Waals surface area contributed by atoms with E-state index in [1.807, 2.05) is 28.8 Å². The van der Waals surface area contributed by atoms with Crippen LogP contribution in [0.4, 0.5) is 0 Å². The van der Waals surface area contributed by atoms with Gasteiger partial charge in [-0.3, -0.25) is 15.1 Å². The van der Waals surface area contributed by atoms with Crippen molar-refractivity contribution in [3.63, 3.8) is 0 Å². The van der Waals surface area contributed by atoms with Gasteiger partial charge in [-0.05, 0) is 12.1 Å². The van der Waals surface area contributed by atoms with Crippen LogP contribution in [0, 0.1) is 5.41 Å². The summed E-state index contributed by atoms with van der Waals surface area (Å²) in [5, 5.41) is 8.36. The normalized spacial score (nSPS) is 16.2. The maximum atomic E-state index is 11.3. The molecule has 3 N–H and O–H groups in total. The standard InChI is InChI=1S/C15H21N5O2/c16-14(21)11-20-13-4-2-1-3-12(13)19(15(20)17)6-5-18-7-9-22-10-8-18/h1-4,17H,5-11H2,(H2,16,21). The molecule has 0 aliphatic carbocycles. The first-order chi connectivity index (χ1) is 10.7. The minimum atomic E-state index is -0.436. The van der Waals surface area contributed by atoms with Crippen molar-refractivity contribution in [1.82, 2.24) is 14.0 Å². The molecule has 0 saturated carbocycles. The number of aromatic nitrogens is 2. The van der Waals surface area contributed by atoms with E-state index < -0.39 is 5.91 Å². The van der Waals surface area contributed by atoms with Crippen molar-refractivity contribution in [2.75, 3.05) is 32.8 Å². The number of rotatable bonds is 5. The number of primary amides is 1. The third-order valence-electron chi connectivity index (χ3n) is 4.03. The highest BCUT2D eigenvalue weighted by Crippen LogP contribution is 2.12. The average molecular weight is 303 g/mol. The molecule has 3 rings (SSSR count). The predicted molar refractivity (Wildman–Crippen MR) is 82.2 cm³/mol. The molecule has 0 radical (unpaired) electrons. The summed E-state index contributed by atoms with van der Waals surface area (Å²) in [5.41, 5.74) is 7.45. The van der Waals surface area contributed by atoms with Crippen LogP contribution in [0.2, 0.25) is 0 Å². The number of nitrogens with zero attached hydrogens (tertiary/aromatic N) is 3. The van der Waals surface area contributed by atoms with Gasteiger partial charge in [0.25, 0.3) is 0 Å². The molecule has 2 heterocycles. The van der Waals surface area contributed by atoms with E-state index in [2.05, 4.69) is 4.90 Å². The molecule has 7 nitrogen and oxygen atoms in total. The molecule has 0 spiro atoms. The van der Waals surface area contributed by atoms with Crippen LogP contribution < -0.4 is 11.4 Å². The van der Waals surface area contributed by atoms with Crippen molar-refractivity contribution >= 4 is 16.9 Å². The number of nitrogens with two attached hydrogens (primary N) is 1. The van der Waals surface area contributed by atoms with Crippen LogP contribution in [-0.2, 0) is 22.6 Å². The molecule has 22 heavy (non-hydrogen) atoms. The first-order valence-electron chi connectivity index (χ1n) is 7.48. The fourth-order valence-corrected chi connectivity index (χ4v) is 2.90. The van der Waals surface area contributed by atoms with E-state index >= 15 is 0 Å². The third-order valence-corrected chi connectivity index (χ3v) is 4.03. The number of hydrogen-bond donors (Lipinski definition) is 2. The highest BCUT2D eigenvalue weighted by Gasteiger charge is 2.14. The Balaban J connectivity index is 1.89. The van der Waals surface area contributed by atoms with Crippen molar-refractivity contribution in [2.45, 2.75) is 13.1 Å². The summed E-state index contributed by atoms with van der Waals surface area (Å²) in [6.07, 6.45) is 0. The number of fused-ring (bicyclic) bond motifs is 1. The summed E-state index contributed by atoms with van der Waals surface area (Å²) in [5.74, 6) is -0.436. The lowest BCUT2D eigenvalue weighted by Crippen LogP contribution is -2.39. The highest BCUT2D eigenvalue weighted by molar-refractivity contribution is 5.79.